The van der Waals surface area contributed by atoms with Gasteiger partial charge in [-0.3, -0.25) is 14.6 Å². The first-order valence-corrected chi connectivity index (χ1v) is 11.5. The van der Waals surface area contributed by atoms with Crippen LogP contribution in [0.5, 0.6) is 5.75 Å². The maximum atomic E-state index is 11.9. The van der Waals surface area contributed by atoms with Gasteiger partial charge in [-0.2, -0.15) is 0 Å². The molecule has 2 atom stereocenters. The number of nitrogens with zero attached hydrogens (tertiary/aromatic N) is 2. The molecule has 2 heterocycles. The van der Waals surface area contributed by atoms with Crippen molar-refractivity contribution in [3.05, 3.63) is 29.8 Å². The third-order valence-corrected chi connectivity index (χ3v) is 6.15. The highest BCUT2D eigenvalue weighted by Gasteiger charge is 2.28. The molecular formula is C24H37N3O4. The first-order valence-electron chi connectivity index (χ1n) is 11.5. The van der Waals surface area contributed by atoms with E-state index < -0.39 is 0 Å². The Morgan fingerprint density at radius 1 is 1.03 bits per heavy atom. The summed E-state index contributed by atoms with van der Waals surface area (Å²) in [5, 5.41) is 2.96. The predicted molar refractivity (Wildman–Crippen MR) is 120 cm³/mol. The van der Waals surface area contributed by atoms with E-state index in [4.69, 9.17) is 9.47 Å². The number of carbonyl (C=O) groups excluding carboxylic acids is 2. The highest BCUT2D eigenvalue weighted by molar-refractivity contribution is 5.78. The fourth-order valence-electron chi connectivity index (χ4n) is 4.29. The molecule has 2 unspecified atom stereocenters. The van der Waals surface area contributed by atoms with E-state index >= 15 is 0 Å². The van der Waals surface area contributed by atoms with Gasteiger partial charge in [-0.15, -0.1) is 0 Å². The Kier molecular flexibility index (Phi) is 9.31. The molecule has 0 bridgehead atoms. The molecule has 7 heteroatoms. The number of piperazine rings is 1. The lowest BCUT2D eigenvalue weighted by atomic mass is 10.1. The van der Waals surface area contributed by atoms with Crippen LogP contribution in [0.25, 0.3) is 0 Å². The molecule has 0 aromatic heterocycles. The Balaban J connectivity index is 1.28. The number of ketones is 1. The van der Waals surface area contributed by atoms with Gasteiger partial charge in [-0.1, -0.05) is 12.1 Å². The molecule has 0 aliphatic carbocycles. The minimum atomic E-state index is 0.0151. The van der Waals surface area contributed by atoms with E-state index in [2.05, 4.69) is 27.2 Å². The number of hydrogen-bond donors (Lipinski definition) is 1. The molecule has 0 saturated carbocycles. The van der Waals surface area contributed by atoms with Crippen molar-refractivity contribution in [3.63, 3.8) is 0 Å². The average molecular weight is 432 g/mol. The summed E-state index contributed by atoms with van der Waals surface area (Å²) in [4.78, 5) is 27.8. The number of amides is 1. The quantitative estimate of drug-likeness (QED) is 0.579. The van der Waals surface area contributed by atoms with Crippen LogP contribution in [0.15, 0.2) is 24.3 Å². The summed E-state index contributed by atoms with van der Waals surface area (Å²) in [6, 6.07) is 8.32. The summed E-state index contributed by atoms with van der Waals surface area (Å²) in [6.45, 7) is 8.35. The smallest absolute Gasteiger partial charge is 0.220 e. The number of nitrogens with one attached hydrogen (secondary N) is 1. The van der Waals surface area contributed by atoms with Crippen LogP contribution in [0.1, 0.15) is 44.6 Å². The SMILES string of the molecule is COc1ccc(CN2CCN(CC3CCC(CNC(=O)CCCC(C)=O)O3)CC2)cc1. The number of hydrogen-bond acceptors (Lipinski definition) is 6. The van der Waals surface area contributed by atoms with Gasteiger partial charge in [0.25, 0.3) is 0 Å². The van der Waals surface area contributed by atoms with Crippen LogP contribution in [-0.4, -0.2) is 80.1 Å². The molecule has 2 saturated heterocycles. The summed E-state index contributed by atoms with van der Waals surface area (Å²) in [6.07, 6.45) is 3.93. The van der Waals surface area contributed by atoms with Gasteiger partial charge in [0.05, 0.1) is 19.3 Å². The van der Waals surface area contributed by atoms with Gasteiger partial charge in [-0.25, -0.2) is 0 Å². The number of benzene rings is 1. The van der Waals surface area contributed by atoms with Crippen LogP contribution in [0.3, 0.4) is 0 Å². The molecule has 1 N–H and O–H groups in total. The van der Waals surface area contributed by atoms with E-state index in [9.17, 15) is 9.59 Å². The van der Waals surface area contributed by atoms with Gasteiger partial charge in [0.1, 0.15) is 11.5 Å². The van der Waals surface area contributed by atoms with Gasteiger partial charge < -0.3 is 19.6 Å². The van der Waals surface area contributed by atoms with Crippen LogP contribution < -0.4 is 10.1 Å². The third-order valence-electron chi connectivity index (χ3n) is 6.15. The van der Waals surface area contributed by atoms with Crippen molar-refractivity contribution >= 4 is 11.7 Å². The summed E-state index contributed by atoms with van der Waals surface area (Å²) in [7, 11) is 1.69. The molecular weight excluding hydrogens is 394 g/mol. The van der Waals surface area contributed by atoms with E-state index in [0.717, 1.165) is 57.9 Å². The third kappa shape index (κ3) is 8.24. The topological polar surface area (TPSA) is 71.1 Å². The van der Waals surface area contributed by atoms with E-state index in [1.807, 2.05) is 12.1 Å². The second-order valence-corrected chi connectivity index (χ2v) is 8.74. The van der Waals surface area contributed by atoms with Gasteiger partial charge in [0.2, 0.25) is 5.91 Å². The lowest BCUT2D eigenvalue weighted by Gasteiger charge is -2.35. The average Bonchev–Trinajstić information content (AvgIpc) is 3.21. The summed E-state index contributed by atoms with van der Waals surface area (Å²) < 4.78 is 11.4. The van der Waals surface area contributed by atoms with E-state index in [0.29, 0.717) is 25.8 Å². The molecule has 1 aromatic rings. The number of methoxy groups -OCH3 is 1. The van der Waals surface area contributed by atoms with E-state index in [-0.39, 0.29) is 23.9 Å². The Hall–Kier alpha value is -1.96. The molecule has 0 spiro atoms. The second-order valence-electron chi connectivity index (χ2n) is 8.74. The summed E-state index contributed by atoms with van der Waals surface area (Å²) in [5.74, 6) is 1.05. The van der Waals surface area contributed by atoms with E-state index in [1.165, 1.54) is 5.56 Å². The van der Waals surface area contributed by atoms with Crippen molar-refractivity contribution in [2.75, 3.05) is 46.4 Å². The predicted octanol–water partition coefficient (Wildman–Crippen LogP) is 2.24. The van der Waals surface area contributed by atoms with Crippen molar-refractivity contribution in [2.24, 2.45) is 0 Å². The van der Waals surface area contributed by atoms with Crippen molar-refractivity contribution in [1.29, 1.82) is 0 Å². The molecule has 1 aromatic carbocycles. The molecule has 7 nitrogen and oxygen atoms in total. The van der Waals surface area contributed by atoms with E-state index in [1.54, 1.807) is 14.0 Å². The molecule has 2 aliphatic rings. The van der Waals surface area contributed by atoms with Crippen LogP contribution >= 0.6 is 0 Å². The Morgan fingerprint density at radius 2 is 1.71 bits per heavy atom. The largest absolute Gasteiger partial charge is 0.497 e. The highest BCUT2D eigenvalue weighted by Crippen LogP contribution is 2.21. The summed E-state index contributed by atoms with van der Waals surface area (Å²) >= 11 is 0. The first-order chi connectivity index (χ1) is 15.0. The molecule has 2 aliphatic heterocycles. The zero-order valence-electron chi connectivity index (χ0n) is 19.0. The van der Waals surface area contributed by atoms with Gasteiger partial charge in [0.15, 0.2) is 0 Å². The van der Waals surface area contributed by atoms with Crippen LogP contribution in [0.2, 0.25) is 0 Å². The minimum absolute atomic E-state index is 0.0151. The summed E-state index contributed by atoms with van der Waals surface area (Å²) in [5.41, 5.74) is 1.32. The van der Waals surface area contributed by atoms with Crippen molar-refractivity contribution in [3.8, 4) is 5.75 Å². The highest BCUT2D eigenvalue weighted by atomic mass is 16.5. The van der Waals surface area contributed by atoms with Crippen LogP contribution in [0.4, 0.5) is 0 Å². The van der Waals surface area contributed by atoms with Crippen LogP contribution in [-0.2, 0) is 20.9 Å². The molecule has 31 heavy (non-hydrogen) atoms. The van der Waals surface area contributed by atoms with Gasteiger partial charge >= 0.3 is 0 Å². The zero-order chi connectivity index (χ0) is 22.1. The molecule has 3 rings (SSSR count). The molecule has 1 amide bonds. The van der Waals surface area contributed by atoms with Gasteiger partial charge in [0, 0.05) is 58.7 Å². The fraction of sp³-hybridized carbons (Fsp3) is 0.667. The molecule has 0 radical (unpaired) electrons. The first kappa shape index (κ1) is 23.7. The maximum absolute atomic E-state index is 11.9. The van der Waals surface area contributed by atoms with Crippen molar-refractivity contribution in [1.82, 2.24) is 15.1 Å². The van der Waals surface area contributed by atoms with Crippen LogP contribution in [0, 0.1) is 0 Å². The Labute approximate surface area is 186 Å². The zero-order valence-corrected chi connectivity index (χ0v) is 19.0. The molecule has 172 valence electrons. The lowest BCUT2D eigenvalue weighted by Crippen LogP contribution is -2.48. The van der Waals surface area contributed by atoms with Gasteiger partial charge in [-0.05, 0) is 43.9 Å². The number of carbonyl (C=O) groups is 2. The van der Waals surface area contributed by atoms with Crippen molar-refractivity contribution in [2.45, 2.75) is 57.8 Å². The maximum Gasteiger partial charge on any atom is 0.220 e. The second kappa shape index (κ2) is 12.2. The lowest BCUT2D eigenvalue weighted by molar-refractivity contribution is -0.122. The fourth-order valence-corrected chi connectivity index (χ4v) is 4.29. The van der Waals surface area contributed by atoms with Crippen molar-refractivity contribution < 1.29 is 19.1 Å². The standard InChI is InChI=1S/C24H37N3O4/c1-19(28)4-3-5-24(29)25-16-22-10-11-23(31-22)18-27-14-12-26(13-15-27)17-20-6-8-21(30-2)9-7-20/h6-9,22-23H,3-5,10-18H2,1-2H3,(H,25,29). The number of Topliss-reactive ketones (excluding diaryl/α,β-unsaturated/α-hetero) is 1. The Morgan fingerprint density at radius 3 is 2.39 bits per heavy atom. The monoisotopic (exact) mass is 431 g/mol. The normalized spacial score (nSPS) is 22.4. The number of rotatable bonds is 11. The molecule has 2 fully saturated rings. The number of ether oxygens (including phenoxy) is 2. The minimum Gasteiger partial charge on any atom is -0.497 e. The Bertz CT molecular complexity index is 701.